The fourth-order valence-electron chi connectivity index (χ4n) is 4.71. The quantitative estimate of drug-likeness (QED) is 0.198. The number of carbonyl (C=O) groups is 2. The third kappa shape index (κ3) is 7.66. The lowest BCUT2D eigenvalue weighted by molar-refractivity contribution is -0.274. The summed E-state index contributed by atoms with van der Waals surface area (Å²) in [5, 5.41) is 7.01. The average Bonchev–Trinajstić information content (AvgIpc) is 3.31. The van der Waals surface area contributed by atoms with Crippen LogP contribution in [0.15, 0.2) is 71.8 Å². The Labute approximate surface area is 259 Å². The Morgan fingerprint density at radius 1 is 0.913 bits per heavy atom. The van der Waals surface area contributed by atoms with E-state index < -0.39 is 71.0 Å². The summed E-state index contributed by atoms with van der Waals surface area (Å²) < 4.78 is 127. The van der Waals surface area contributed by atoms with Crippen molar-refractivity contribution in [2.24, 2.45) is 5.10 Å². The molecule has 0 aromatic heterocycles. The zero-order chi connectivity index (χ0) is 34.1. The van der Waals surface area contributed by atoms with Crippen molar-refractivity contribution in [3.05, 3.63) is 94.0 Å². The fourth-order valence-corrected chi connectivity index (χ4v) is 5.00. The molecule has 0 spiro atoms. The van der Waals surface area contributed by atoms with Gasteiger partial charge in [-0.25, -0.2) is 0 Å². The summed E-state index contributed by atoms with van der Waals surface area (Å²) in [6.45, 7) is 0.169. The van der Waals surface area contributed by atoms with Crippen molar-refractivity contribution < 1.29 is 58.6 Å². The van der Waals surface area contributed by atoms with Crippen LogP contribution in [-0.4, -0.2) is 48.7 Å². The van der Waals surface area contributed by atoms with E-state index in [1.54, 1.807) is 0 Å². The number of rotatable bonds is 8. The lowest BCUT2D eigenvalue weighted by atomic mass is 9.74. The van der Waals surface area contributed by atoms with Crippen LogP contribution in [0.4, 0.5) is 45.2 Å². The molecule has 0 bridgehead atoms. The minimum atomic E-state index is -5.03. The number of hydrazone groups is 1. The molecule has 0 radical (unpaired) electrons. The molecule has 1 aliphatic rings. The van der Waals surface area contributed by atoms with Crippen LogP contribution >= 0.6 is 11.6 Å². The van der Waals surface area contributed by atoms with Crippen LogP contribution < -0.4 is 10.1 Å². The number of amides is 1. The second-order valence-corrected chi connectivity index (χ2v) is 10.2. The molecule has 0 aliphatic carbocycles. The van der Waals surface area contributed by atoms with Gasteiger partial charge in [-0.1, -0.05) is 29.8 Å². The lowest BCUT2D eigenvalue weighted by Gasteiger charge is -2.29. The fraction of sp³-hybridized carbons (Fsp3) is 0.276. The van der Waals surface area contributed by atoms with Gasteiger partial charge in [-0.2, -0.15) is 31.4 Å². The number of anilines is 1. The summed E-state index contributed by atoms with van der Waals surface area (Å²) in [5.74, 6) is -2.45. The van der Waals surface area contributed by atoms with Gasteiger partial charge in [0.1, 0.15) is 12.3 Å². The van der Waals surface area contributed by atoms with Gasteiger partial charge in [0.2, 0.25) is 5.91 Å². The summed E-state index contributed by atoms with van der Waals surface area (Å²) in [7, 11) is 0. The summed E-state index contributed by atoms with van der Waals surface area (Å²) in [6, 6.07) is 10.0. The van der Waals surface area contributed by atoms with E-state index in [2.05, 4.69) is 15.2 Å². The standard InChI is InChI=1S/C29H21ClF9N3O4/c1-2-45-25(44)26(17-6-10-20(11-7-17)46-29(37,38)39)15-42(14-23(43)40-19-8-4-18(5-9-19)27(31,32)33)41-24(26)16-3-12-21(22(30)13-16)28(34,35)36/h3-13H,2,14-15H2,1H3,(H,40,43). The van der Waals surface area contributed by atoms with Gasteiger partial charge in [0.05, 0.1) is 35.0 Å². The molecular formula is C29H21ClF9N3O4. The number of nitrogens with one attached hydrogen (secondary N) is 1. The maximum atomic E-state index is 13.7. The van der Waals surface area contributed by atoms with Gasteiger partial charge in [0.25, 0.3) is 0 Å². The molecule has 0 saturated carbocycles. The van der Waals surface area contributed by atoms with E-state index in [-0.39, 0.29) is 29.1 Å². The van der Waals surface area contributed by atoms with Gasteiger partial charge in [-0.05, 0) is 61.0 Å². The molecule has 1 atom stereocenters. The van der Waals surface area contributed by atoms with E-state index in [9.17, 15) is 49.1 Å². The normalized spacial score (nSPS) is 17.0. The van der Waals surface area contributed by atoms with Crippen LogP contribution in [0.25, 0.3) is 0 Å². The van der Waals surface area contributed by atoms with Crippen molar-refractivity contribution in [2.45, 2.75) is 31.1 Å². The Hall–Kier alpha value is -4.47. The summed E-state index contributed by atoms with van der Waals surface area (Å²) in [4.78, 5) is 26.6. The molecule has 1 aliphatic heterocycles. The Bertz CT molecular complexity index is 1620. The second-order valence-electron chi connectivity index (χ2n) is 9.78. The number of benzene rings is 3. The van der Waals surface area contributed by atoms with E-state index in [1.807, 2.05) is 0 Å². The first-order valence-electron chi connectivity index (χ1n) is 13.1. The zero-order valence-electron chi connectivity index (χ0n) is 23.3. The minimum absolute atomic E-state index is 0.00664. The predicted molar refractivity (Wildman–Crippen MR) is 146 cm³/mol. The molecule has 1 N–H and O–H groups in total. The predicted octanol–water partition coefficient (Wildman–Crippen LogP) is 7.44. The molecule has 246 valence electrons. The van der Waals surface area contributed by atoms with Gasteiger partial charge >= 0.3 is 24.7 Å². The first-order valence-corrected chi connectivity index (χ1v) is 13.4. The third-order valence-electron chi connectivity index (χ3n) is 6.64. The number of hydrogen-bond donors (Lipinski definition) is 1. The Morgan fingerprint density at radius 2 is 1.54 bits per heavy atom. The maximum Gasteiger partial charge on any atom is 0.573 e. The molecule has 0 fully saturated rings. The maximum absolute atomic E-state index is 13.7. The molecule has 46 heavy (non-hydrogen) atoms. The Kier molecular flexibility index (Phi) is 9.52. The number of hydrogen-bond acceptors (Lipinski definition) is 6. The molecule has 1 amide bonds. The number of halogens is 10. The highest BCUT2D eigenvalue weighted by atomic mass is 35.5. The van der Waals surface area contributed by atoms with Crippen LogP contribution in [0.2, 0.25) is 5.02 Å². The largest absolute Gasteiger partial charge is 0.573 e. The molecule has 0 saturated heterocycles. The van der Waals surface area contributed by atoms with Crippen molar-refractivity contribution in [3.8, 4) is 5.75 Å². The molecule has 1 heterocycles. The van der Waals surface area contributed by atoms with Gasteiger partial charge < -0.3 is 14.8 Å². The summed E-state index contributed by atoms with van der Waals surface area (Å²) >= 11 is 5.94. The highest BCUT2D eigenvalue weighted by Crippen LogP contribution is 2.41. The Morgan fingerprint density at radius 3 is 2.07 bits per heavy atom. The second kappa shape index (κ2) is 12.7. The van der Waals surface area contributed by atoms with Gasteiger partial charge in [0.15, 0.2) is 5.41 Å². The van der Waals surface area contributed by atoms with Crippen molar-refractivity contribution in [1.29, 1.82) is 0 Å². The van der Waals surface area contributed by atoms with Crippen LogP contribution in [0.1, 0.15) is 29.2 Å². The lowest BCUT2D eigenvalue weighted by Crippen LogP contribution is -2.48. The van der Waals surface area contributed by atoms with Crippen LogP contribution in [0.5, 0.6) is 5.75 Å². The van der Waals surface area contributed by atoms with E-state index >= 15 is 0 Å². The van der Waals surface area contributed by atoms with Crippen molar-refractivity contribution >= 4 is 34.9 Å². The highest BCUT2D eigenvalue weighted by molar-refractivity contribution is 6.32. The number of esters is 1. The third-order valence-corrected chi connectivity index (χ3v) is 6.95. The summed E-state index contributed by atoms with van der Waals surface area (Å²) in [5.41, 5.74) is -4.53. The Balaban J connectivity index is 1.76. The molecule has 3 aromatic rings. The van der Waals surface area contributed by atoms with Crippen molar-refractivity contribution in [1.82, 2.24) is 5.01 Å². The van der Waals surface area contributed by atoms with Crippen LogP contribution in [-0.2, 0) is 32.1 Å². The monoisotopic (exact) mass is 681 g/mol. The highest BCUT2D eigenvalue weighted by Gasteiger charge is 2.53. The molecular weight excluding hydrogens is 661 g/mol. The van der Waals surface area contributed by atoms with Gasteiger partial charge in [-0.3, -0.25) is 14.6 Å². The molecule has 4 rings (SSSR count). The van der Waals surface area contributed by atoms with Gasteiger partial charge in [-0.15, -0.1) is 13.2 Å². The van der Waals surface area contributed by atoms with E-state index in [1.165, 1.54) is 6.92 Å². The van der Waals surface area contributed by atoms with E-state index in [0.29, 0.717) is 6.07 Å². The topological polar surface area (TPSA) is 80.2 Å². The number of nitrogens with zero attached hydrogens (tertiary/aromatic N) is 2. The zero-order valence-corrected chi connectivity index (χ0v) is 24.0. The number of alkyl halides is 9. The first-order chi connectivity index (χ1) is 21.3. The van der Waals surface area contributed by atoms with E-state index in [4.69, 9.17) is 16.3 Å². The number of ether oxygens (including phenoxy) is 2. The van der Waals surface area contributed by atoms with Crippen LogP contribution in [0.3, 0.4) is 0 Å². The van der Waals surface area contributed by atoms with Gasteiger partial charge in [0, 0.05) is 11.3 Å². The van der Waals surface area contributed by atoms with Crippen molar-refractivity contribution in [2.75, 3.05) is 25.0 Å². The molecule has 17 heteroatoms. The average molecular weight is 682 g/mol. The number of carbonyl (C=O) groups excluding carboxylic acids is 2. The minimum Gasteiger partial charge on any atom is -0.465 e. The summed E-state index contributed by atoms with van der Waals surface area (Å²) in [6.07, 6.45) is -14.5. The van der Waals surface area contributed by atoms with E-state index in [0.717, 1.165) is 65.7 Å². The molecule has 7 nitrogen and oxygen atoms in total. The van der Waals surface area contributed by atoms with Crippen molar-refractivity contribution in [3.63, 3.8) is 0 Å². The first kappa shape index (κ1) is 34.4. The van der Waals surface area contributed by atoms with Crippen LogP contribution in [0, 0.1) is 0 Å². The smallest absolute Gasteiger partial charge is 0.465 e. The SMILES string of the molecule is CCOC(=O)C1(c2ccc(OC(F)(F)F)cc2)CN(CC(=O)Nc2ccc(C(F)(F)F)cc2)N=C1c1ccc(C(F)(F)F)c(Cl)c1. The molecule has 3 aromatic carbocycles. The molecule has 1 unspecified atom stereocenters.